The summed E-state index contributed by atoms with van der Waals surface area (Å²) >= 11 is 0. The number of likely N-dealkylation sites (tertiary alicyclic amines) is 1. The third-order valence-corrected chi connectivity index (χ3v) is 4.53. The molecule has 0 aliphatic carbocycles. The lowest BCUT2D eigenvalue weighted by molar-refractivity contribution is -0.138. The van der Waals surface area contributed by atoms with Crippen LogP contribution in [0.3, 0.4) is 0 Å². The van der Waals surface area contributed by atoms with Crippen LogP contribution in [0.15, 0.2) is 42.6 Å². The highest BCUT2D eigenvalue weighted by Gasteiger charge is 2.33. The van der Waals surface area contributed by atoms with Gasteiger partial charge < -0.3 is 10.2 Å². The Morgan fingerprint density at radius 1 is 1.17 bits per heavy atom. The molecular weight excluding hydrogens is 302 g/mol. The zero-order valence-corrected chi connectivity index (χ0v) is 14.0. The molecular formula is C19H21N3O2. The van der Waals surface area contributed by atoms with Crippen LogP contribution >= 0.6 is 0 Å². The number of pyridine rings is 1. The number of carbonyl (C=O) groups excluding carboxylic acids is 2. The number of hydrogen-bond donors (Lipinski definition) is 1. The second kappa shape index (κ2) is 6.83. The number of amides is 2. The van der Waals surface area contributed by atoms with E-state index >= 15 is 0 Å². The highest BCUT2D eigenvalue weighted by molar-refractivity contribution is 6.04. The number of nitrogens with one attached hydrogen (secondary N) is 1. The van der Waals surface area contributed by atoms with Crippen LogP contribution < -0.4 is 5.32 Å². The van der Waals surface area contributed by atoms with Crippen LogP contribution in [-0.4, -0.2) is 34.8 Å². The van der Waals surface area contributed by atoms with Gasteiger partial charge in [-0.1, -0.05) is 18.2 Å². The zero-order chi connectivity index (χ0) is 17.1. The molecule has 0 spiro atoms. The first-order valence-corrected chi connectivity index (χ1v) is 8.09. The van der Waals surface area contributed by atoms with Gasteiger partial charge in [0.1, 0.15) is 6.42 Å². The molecule has 2 aromatic rings. The van der Waals surface area contributed by atoms with Gasteiger partial charge in [-0.15, -0.1) is 0 Å². The molecule has 0 saturated carbocycles. The van der Waals surface area contributed by atoms with Gasteiger partial charge in [-0.05, 0) is 43.2 Å². The van der Waals surface area contributed by atoms with Crippen LogP contribution in [0.4, 0.5) is 5.69 Å². The van der Waals surface area contributed by atoms with Crippen LogP contribution in [-0.2, 0) is 9.59 Å². The van der Waals surface area contributed by atoms with Gasteiger partial charge in [0, 0.05) is 36.6 Å². The quantitative estimate of drug-likeness (QED) is 0.880. The summed E-state index contributed by atoms with van der Waals surface area (Å²) in [6.07, 6.45) is 1.64. The van der Waals surface area contributed by atoms with Crippen molar-refractivity contribution >= 4 is 17.5 Å². The number of anilines is 1. The summed E-state index contributed by atoms with van der Waals surface area (Å²) in [5.41, 5.74) is 3.90. The number of hydrogen-bond acceptors (Lipinski definition) is 3. The third kappa shape index (κ3) is 3.45. The Morgan fingerprint density at radius 3 is 2.67 bits per heavy atom. The molecule has 0 radical (unpaired) electrons. The minimum atomic E-state index is -0.269. The predicted octanol–water partition coefficient (Wildman–Crippen LogP) is 2.65. The van der Waals surface area contributed by atoms with Gasteiger partial charge >= 0.3 is 0 Å². The van der Waals surface area contributed by atoms with E-state index in [0.29, 0.717) is 13.1 Å². The summed E-state index contributed by atoms with van der Waals surface area (Å²) in [6, 6.07) is 11.5. The Labute approximate surface area is 141 Å². The monoisotopic (exact) mass is 323 g/mol. The lowest BCUT2D eigenvalue weighted by Crippen LogP contribution is -2.49. The van der Waals surface area contributed by atoms with E-state index in [2.05, 4.69) is 10.3 Å². The Hall–Kier alpha value is -2.69. The van der Waals surface area contributed by atoms with Gasteiger partial charge in [-0.3, -0.25) is 14.6 Å². The molecule has 24 heavy (non-hydrogen) atoms. The molecule has 1 N–H and O–H groups in total. The SMILES string of the molecule is Cc1cccc(NC(=O)CC(=O)N2CC(c3ccccn3)C2)c1C. The highest BCUT2D eigenvalue weighted by atomic mass is 16.2. The minimum Gasteiger partial charge on any atom is -0.341 e. The van der Waals surface area contributed by atoms with Crippen molar-refractivity contribution in [2.75, 3.05) is 18.4 Å². The molecule has 1 aromatic heterocycles. The fourth-order valence-corrected chi connectivity index (χ4v) is 2.82. The van der Waals surface area contributed by atoms with Gasteiger partial charge in [-0.25, -0.2) is 0 Å². The number of aryl methyl sites for hydroxylation is 1. The number of rotatable bonds is 4. The van der Waals surface area contributed by atoms with Gasteiger partial charge in [0.05, 0.1) is 0 Å². The van der Waals surface area contributed by atoms with E-state index in [1.807, 2.05) is 50.2 Å². The standard InChI is InChI=1S/C19H21N3O2/c1-13-6-5-8-16(14(13)2)21-18(23)10-19(24)22-11-15(12-22)17-7-3-4-9-20-17/h3-9,15H,10-12H2,1-2H3,(H,21,23). The van der Waals surface area contributed by atoms with Crippen molar-refractivity contribution in [2.45, 2.75) is 26.2 Å². The Balaban J connectivity index is 1.51. The van der Waals surface area contributed by atoms with Gasteiger partial charge in [0.15, 0.2) is 0 Å². The molecule has 3 rings (SSSR count). The smallest absolute Gasteiger partial charge is 0.233 e. The van der Waals surface area contributed by atoms with E-state index in [4.69, 9.17) is 0 Å². The van der Waals surface area contributed by atoms with Gasteiger partial charge in [0.2, 0.25) is 11.8 Å². The van der Waals surface area contributed by atoms with E-state index in [1.165, 1.54) is 0 Å². The summed E-state index contributed by atoms with van der Waals surface area (Å²) in [7, 11) is 0. The molecule has 1 aliphatic heterocycles. The van der Waals surface area contributed by atoms with E-state index < -0.39 is 0 Å². The van der Waals surface area contributed by atoms with Crippen LogP contribution in [0.2, 0.25) is 0 Å². The normalized spacial score (nSPS) is 14.2. The van der Waals surface area contributed by atoms with E-state index in [9.17, 15) is 9.59 Å². The predicted molar refractivity (Wildman–Crippen MR) is 92.7 cm³/mol. The summed E-state index contributed by atoms with van der Waals surface area (Å²) in [6.45, 7) is 5.22. The van der Waals surface area contributed by atoms with Gasteiger partial charge in [0.25, 0.3) is 0 Å². The summed E-state index contributed by atoms with van der Waals surface area (Å²) in [4.78, 5) is 30.3. The lowest BCUT2D eigenvalue weighted by Gasteiger charge is -2.38. The molecule has 2 amide bonds. The molecule has 5 nitrogen and oxygen atoms in total. The highest BCUT2D eigenvalue weighted by Crippen LogP contribution is 2.26. The maximum absolute atomic E-state index is 12.2. The molecule has 5 heteroatoms. The maximum atomic E-state index is 12.2. The van der Waals surface area contributed by atoms with Crippen LogP contribution in [0.25, 0.3) is 0 Å². The Kier molecular flexibility index (Phi) is 4.60. The van der Waals surface area contributed by atoms with E-state index in [1.54, 1.807) is 11.1 Å². The van der Waals surface area contributed by atoms with Crippen molar-refractivity contribution in [3.63, 3.8) is 0 Å². The average Bonchev–Trinajstić information content (AvgIpc) is 2.51. The first-order valence-electron chi connectivity index (χ1n) is 8.09. The van der Waals surface area contributed by atoms with Crippen molar-refractivity contribution in [1.29, 1.82) is 0 Å². The van der Waals surface area contributed by atoms with Crippen molar-refractivity contribution < 1.29 is 9.59 Å². The van der Waals surface area contributed by atoms with Crippen molar-refractivity contribution in [2.24, 2.45) is 0 Å². The lowest BCUT2D eigenvalue weighted by atomic mass is 9.95. The topological polar surface area (TPSA) is 62.3 Å². The first-order chi connectivity index (χ1) is 11.5. The van der Waals surface area contributed by atoms with Crippen LogP contribution in [0.1, 0.15) is 29.2 Å². The average molecular weight is 323 g/mol. The van der Waals surface area contributed by atoms with E-state index in [-0.39, 0.29) is 24.2 Å². The molecule has 1 fully saturated rings. The van der Waals surface area contributed by atoms with E-state index in [0.717, 1.165) is 22.5 Å². The molecule has 1 saturated heterocycles. The maximum Gasteiger partial charge on any atom is 0.233 e. The molecule has 0 bridgehead atoms. The Morgan fingerprint density at radius 2 is 1.96 bits per heavy atom. The fourth-order valence-electron chi connectivity index (χ4n) is 2.82. The molecule has 0 atom stereocenters. The minimum absolute atomic E-state index is 0.123. The molecule has 2 heterocycles. The molecule has 1 aromatic carbocycles. The van der Waals surface area contributed by atoms with Gasteiger partial charge in [-0.2, -0.15) is 0 Å². The number of benzene rings is 1. The number of nitrogens with zero attached hydrogens (tertiary/aromatic N) is 2. The second-order valence-corrected chi connectivity index (χ2v) is 6.22. The fraction of sp³-hybridized carbons (Fsp3) is 0.316. The Bertz CT molecular complexity index is 752. The van der Waals surface area contributed by atoms with Crippen LogP contribution in [0, 0.1) is 13.8 Å². The largest absolute Gasteiger partial charge is 0.341 e. The van der Waals surface area contributed by atoms with Crippen molar-refractivity contribution in [3.05, 3.63) is 59.4 Å². The molecule has 1 aliphatic rings. The first kappa shape index (κ1) is 16.2. The van der Waals surface area contributed by atoms with Crippen molar-refractivity contribution in [3.8, 4) is 0 Å². The van der Waals surface area contributed by atoms with Crippen LogP contribution in [0.5, 0.6) is 0 Å². The van der Waals surface area contributed by atoms with Crippen molar-refractivity contribution in [1.82, 2.24) is 9.88 Å². The number of aromatic nitrogens is 1. The molecule has 0 unspecified atom stereocenters. The zero-order valence-electron chi connectivity index (χ0n) is 14.0. The number of carbonyl (C=O) groups is 2. The summed E-state index contributed by atoms with van der Waals surface area (Å²) in [5, 5.41) is 2.83. The third-order valence-electron chi connectivity index (χ3n) is 4.53. The molecule has 124 valence electrons. The summed E-state index contributed by atoms with van der Waals surface area (Å²) in [5.74, 6) is -0.128. The summed E-state index contributed by atoms with van der Waals surface area (Å²) < 4.78 is 0. The second-order valence-electron chi connectivity index (χ2n) is 6.22.